The molecule has 0 aromatic heterocycles. The summed E-state index contributed by atoms with van der Waals surface area (Å²) < 4.78 is 9.19. The minimum absolute atomic E-state index is 0.134. The van der Waals surface area contributed by atoms with Gasteiger partial charge in [0.2, 0.25) is 0 Å². The van der Waals surface area contributed by atoms with E-state index in [0.717, 1.165) is 7.11 Å². The van der Waals surface area contributed by atoms with Crippen molar-refractivity contribution >= 4 is 11.9 Å². The molecule has 1 aliphatic rings. The maximum atomic E-state index is 11.5. The summed E-state index contributed by atoms with van der Waals surface area (Å²) in [6.45, 7) is 1.03. The topological polar surface area (TPSA) is 113 Å². The predicted octanol–water partition coefficient (Wildman–Crippen LogP) is -1.41. The monoisotopic (exact) mass is 262 g/mol. The third-order valence-corrected chi connectivity index (χ3v) is 3.09. The molecular formula is C11H18O7. The lowest BCUT2D eigenvalue weighted by Crippen LogP contribution is -2.55. The van der Waals surface area contributed by atoms with Gasteiger partial charge in [0.25, 0.3) is 0 Å². The molecule has 4 atom stereocenters. The highest BCUT2D eigenvalue weighted by molar-refractivity contribution is 5.79. The SMILES string of the molecule is COC(=O)[C@]1(O)C[C@H](COC(C)=O)[C@@H](O)[C@H](O)C1. The summed E-state index contributed by atoms with van der Waals surface area (Å²) in [5.41, 5.74) is -1.86. The summed E-state index contributed by atoms with van der Waals surface area (Å²) in [7, 11) is 1.12. The Morgan fingerprint density at radius 1 is 1.33 bits per heavy atom. The van der Waals surface area contributed by atoms with Crippen LogP contribution in [0.3, 0.4) is 0 Å². The summed E-state index contributed by atoms with van der Waals surface area (Å²) >= 11 is 0. The zero-order valence-corrected chi connectivity index (χ0v) is 10.3. The van der Waals surface area contributed by atoms with E-state index in [1.807, 2.05) is 0 Å². The number of hydrogen-bond donors (Lipinski definition) is 3. The van der Waals surface area contributed by atoms with E-state index in [-0.39, 0.29) is 19.4 Å². The molecule has 0 heterocycles. The molecule has 1 rings (SSSR count). The fourth-order valence-corrected chi connectivity index (χ4v) is 2.16. The van der Waals surface area contributed by atoms with Crippen LogP contribution in [0.4, 0.5) is 0 Å². The first kappa shape index (κ1) is 14.9. The smallest absolute Gasteiger partial charge is 0.337 e. The molecule has 7 nitrogen and oxygen atoms in total. The highest BCUT2D eigenvalue weighted by Crippen LogP contribution is 2.34. The van der Waals surface area contributed by atoms with Gasteiger partial charge >= 0.3 is 11.9 Å². The largest absolute Gasteiger partial charge is 0.467 e. The maximum Gasteiger partial charge on any atom is 0.337 e. The van der Waals surface area contributed by atoms with Crippen LogP contribution in [0.5, 0.6) is 0 Å². The molecule has 0 spiro atoms. The number of aliphatic hydroxyl groups excluding tert-OH is 2. The molecule has 0 radical (unpaired) electrons. The lowest BCUT2D eigenvalue weighted by Gasteiger charge is -2.40. The van der Waals surface area contributed by atoms with Gasteiger partial charge in [-0.15, -0.1) is 0 Å². The molecule has 0 saturated heterocycles. The number of methoxy groups -OCH3 is 1. The van der Waals surface area contributed by atoms with Crippen LogP contribution in [0.2, 0.25) is 0 Å². The maximum absolute atomic E-state index is 11.5. The van der Waals surface area contributed by atoms with Crippen molar-refractivity contribution < 1.29 is 34.4 Å². The van der Waals surface area contributed by atoms with E-state index in [1.54, 1.807) is 0 Å². The summed E-state index contributed by atoms with van der Waals surface area (Å²) in [6.07, 6.45) is -2.87. The lowest BCUT2D eigenvalue weighted by atomic mass is 9.75. The lowest BCUT2D eigenvalue weighted by molar-refractivity contribution is -0.186. The fourth-order valence-electron chi connectivity index (χ4n) is 2.16. The number of carbonyl (C=O) groups excluding carboxylic acids is 2. The van der Waals surface area contributed by atoms with Crippen LogP contribution in [0.25, 0.3) is 0 Å². The van der Waals surface area contributed by atoms with Gasteiger partial charge in [-0.3, -0.25) is 4.79 Å². The Labute approximate surface area is 104 Å². The molecule has 0 aromatic rings. The van der Waals surface area contributed by atoms with Crippen LogP contribution in [0.1, 0.15) is 19.8 Å². The van der Waals surface area contributed by atoms with Gasteiger partial charge in [0, 0.05) is 19.3 Å². The predicted molar refractivity (Wildman–Crippen MR) is 58.3 cm³/mol. The van der Waals surface area contributed by atoms with Crippen LogP contribution in [-0.4, -0.2) is 58.8 Å². The molecule has 1 aliphatic carbocycles. The minimum atomic E-state index is -1.86. The number of hydrogen-bond acceptors (Lipinski definition) is 7. The molecule has 0 bridgehead atoms. The Kier molecular flexibility index (Phi) is 4.66. The zero-order chi connectivity index (χ0) is 13.9. The molecular weight excluding hydrogens is 244 g/mol. The first-order valence-electron chi connectivity index (χ1n) is 5.60. The number of carbonyl (C=O) groups is 2. The van der Waals surface area contributed by atoms with Crippen molar-refractivity contribution in [2.45, 2.75) is 37.6 Å². The van der Waals surface area contributed by atoms with Crippen LogP contribution < -0.4 is 0 Å². The van der Waals surface area contributed by atoms with Crippen molar-refractivity contribution in [3.05, 3.63) is 0 Å². The van der Waals surface area contributed by atoms with Crippen molar-refractivity contribution in [3.8, 4) is 0 Å². The summed E-state index contributed by atoms with van der Waals surface area (Å²) in [4.78, 5) is 22.2. The van der Waals surface area contributed by atoms with Gasteiger partial charge in [0.1, 0.15) is 0 Å². The van der Waals surface area contributed by atoms with Crippen LogP contribution in [0, 0.1) is 5.92 Å². The minimum Gasteiger partial charge on any atom is -0.467 e. The van der Waals surface area contributed by atoms with E-state index in [0.29, 0.717) is 0 Å². The molecule has 0 amide bonds. The Hall–Kier alpha value is -1.18. The Morgan fingerprint density at radius 3 is 2.44 bits per heavy atom. The van der Waals surface area contributed by atoms with Gasteiger partial charge in [-0.1, -0.05) is 0 Å². The second-order valence-electron chi connectivity index (χ2n) is 4.55. The third-order valence-electron chi connectivity index (χ3n) is 3.09. The van der Waals surface area contributed by atoms with Gasteiger partial charge in [-0.05, 0) is 6.42 Å². The van der Waals surface area contributed by atoms with E-state index in [4.69, 9.17) is 4.74 Å². The molecule has 1 fully saturated rings. The van der Waals surface area contributed by atoms with E-state index in [2.05, 4.69) is 4.74 Å². The Balaban J connectivity index is 2.77. The van der Waals surface area contributed by atoms with Gasteiger partial charge in [-0.2, -0.15) is 0 Å². The molecule has 0 unspecified atom stereocenters. The van der Waals surface area contributed by atoms with E-state index in [9.17, 15) is 24.9 Å². The Bertz CT molecular complexity index is 329. The third kappa shape index (κ3) is 3.18. The number of rotatable bonds is 3. The molecule has 3 N–H and O–H groups in total. The standard InChI is InChI=1S/C11H18O7/c1-6(12)18-5-7-3-11(16,10(15)17-2)4-8(13)9(7)14/h7-9,13-14,16H,3-5H2,1-2H3/t7-,8-,9-,11+/m1/s1. The quantitative estimate of drug-likeness (QED) is 0.535. The molecule has 0 aromatic carbocycles. The molecule has 104 valence electrons. The Morgan fingerprint density at radius 2 is 1.94 bits per heavy atom. The van der Waals surface area contributed by atoms with Crippen LogP contribution >= 0.6 is 0 Å². The molecule has 18 heavy (non-hydrogen) atoms. The molecule has 1 saturated carbocycles. The number of ether oxygens (including phenoxy) is 2. The second-order valence-corrected chi connectivity index (χ2v) is 4.55. The van der Waals surface area contributed by atoms with Gasteiger partial charge in [0.05, 0.1) is 25.9 Å². The van der Waals surface area contributed by atoms with Crippen molar-refractivity contribution in [1.29, 1.82) is 0 Å². The van der Waals surface area contributed by atoms with Gasteiger partial charge in [0.15, 0.2) is 5.60 Å². The van der Waals surface area contributed by atoms with E-state index >= 15 is 0 Å². The highest BCUT2D eigenvalue weighted by atomic mass is 16.5. The second kappa shape index (κ2) is 5.64. The van der Waals surface area contributed by atoms with Crippen molar-refractivity contribution in [1.82, 2.24) is 0 Å². The first-order valence-corrected chi connectivity index (χ1v) is 5.60. The zero-order valence-electron chi connectivity index (χ0n) is 10.3. The summed E-state index contributed by atoms with van der Waals surface area (Å²) in [5.74, 6) is -2.13. The fraction of sp³-hybridized carbons (Fsp3) is 0.818. The van der Waals surface area contributed by atoms with Gasteiger partial charge < -0.3 is 24.8 Å². The average molecular weight is 262 g/mol. The summed E-state index contributed by atoms with van der Waals surface area (Å²) in [6, 6.07) is 0. The summed E-state index contributed by atoms with van der Waals surface area (Å²) in [5, 5.41) is 29.4. The molecule has 7 heteroatoms. The van der Waals surface area contributed by atoms with E-state index < -0.39 is 35.7 Å². The first-order chi connectivity index (χ1) is 8.30. The van der Waals surface area contributed by atoms with Crippen LogP contribution in [-0.2, 0) is 19.1 Å². The average Bonchev–Trinajstić information content (AvgIpc) is 2.30. The van der Waals surface area contributed by atoms with Crippen molar-refractivity contribution in [3.63, 3.8) is 0 Å². The number of aliphatic hydroxyl groups is 3. The normalized spacial score (nSPS) is 35.9. The number of esters is 2. The van der Waals surface area contributed by atoms with Crippen LogP contribution in [0.15, 0.2) is 0 Å². The highest BCUT2D eigenvalue weighted by Gasteiger charge is 2.49. The van der Waals surface area contributed by atoms with Crippen molar-refractivity contribution in [2.24, 2.45) is 5.92 Å². The van der Waals surface area contributed by atoms with Gasteiger partial charge in [-0.25, -0.2) is 4.79 Å². The van der Waals surface area contributed by atoms with Crippen molar-refractivity contribution in [2.75, 3.05) is 13.7 Å². The molecule has 0 aliphatic heterocycles. The van der Waals surface area contributed by atoms with E-state index in [1.165, 1.54) is 6.92 Å².